The minimum absolute atomic E-state index is 0.0675. The van der Waals surface area contributed by atoms with Crippen LogP contribution in [0.1, 0.15) is 58.1 Å². The summed E-state index contributed by atoms with van der Waals surface area (Å²) in [6.45, 7) is 8.52. The minimum Gasteiger partial charge on any atom is -0.453 e. The highest BCUT2D eigenvalue weighted by molar-refractivity contribution is 5.87. The summed E-state index contributed by atoms with van der Waals surface area (Å²) < 4.78 is 4.68. The SMILES string of the molecule is CCc1cnc(C2CCCN2C(=O)C(NC(=O)OC)C(C)(C)C)[nH]1. The molecule has 24 heavy (non-hydrogen) atoms. The van der Waals surface area contributed by atoms with Crippen molar-refractivity contribution in [3.63, 3.8) is 0 Å². The fraction of sp³-hybridized carbons (Fsp3) is 0.706. The van der Waals surface area contributed by atoms with Gasteiger partial charge in [-0.15, -0.1) is 0 Å². The molecule has 1 aromatic rings. The number of carbonyl (C=O) groups is 2. The third-order valence-corrected chi connectivity index (χ3v) is 4.44. The number of aromatic amines is 1. The molecule has 2 rings (SSSR count). The smallest absolute Gasteiger partial charge is 0.407 e. The summed E-state index contributed by atoms with van der Waals surface area (Å²) in [6, 6.07) is -0.715. The monoisotopic (exact) mass is 336 g/mol. The lowest BCUT2D eigenvalue weighted by Gasteiger charge is -2.35. The van der Waals surface area contributed by atoms with E-state index >= 15 is 0 Å². The number of carbonyl (C=O) groups excluding carboxylic acids is 2. The molecule has 7 nitrogen and oxygen atoms in total. The first-order valence-electron chi connectivity index (χ1n) is 8.46. The van der Waals surface area contributed by atoms with Crippen molar-refractivity contribution in [1.82, 2.24) is 20.2 Å². The van der Waals surface area contributed by atoms with Crippen LogP contribution < -0.4 is 5.32 Å². The molecule has 2 atom stereocenters. The van der Waals surface area contributed by atoms with E-state index in [1.165, 1.54) is 7.11 Å². The predicted octanol–water partition coefficient (Wildman–Crippen LogP) is 2.41. The molecule has 0 spiro atoms. The van der Waals surface area contributed by atoms with Gasteiger partial charge in [-0.2, -0.15) is 0 Å². The number of likely N-dealkylation sites (tertiary alicyclic amines) is 1. The Morgan fingerprint density at radius 2 is 2.21 bits per heavy atom. The molecule has 2 amide bonds. The van der Waals surface area contributed by atoms with Gasteiger partial charge < -0.3 is 19.9 Å². The summed E-state index contributed by atoms with van der Waals surface area (Å²) in [5, 5.41) is 2.69. The number of ether oxygens (including phenoxy) is 1. The molecule has 1 saturated heterocycles. The van der Waals surface area contributed by atoms with Gasteiger partial charge in [0.2, 0.25) is 5.91 Å². The van der Waals surface area contributed by atoms with Crippen molar-refractivity contribution in [3.05, 3.63) is 17.7 Å². The fourth-order valence-electron chi connectivity index (χ4n) is 3.03. The van der Waals surface area contributed by atoms with Crippen LogP contribution in [0.3, 0.4) is 0 Å². The number of nitrogens with one attached hydrogen (secondary N) is 2. The van der Waals surface area contributed by atoms with Gasteiger partial charge in [0.05, 0.1) is 13.2 Å². The van der Waals surface area contributed by atoms with Crippen molar-refractivity contribution in [3.8, 4) is 0 Å². The zero-order chi connectivity index (χ0) is 17.9. The molecule has 0 aliphatic carbocycles. The highest BCUT2D eigenvalue weighted by Gasteiger charge is 2.41. The lowest BCUT2D eigenvalue weighted by Crippen LogP contribution is -2.54. The lowest BCUT2D eigenvalue weighted by molar-refractivity contribution is -0.137. The van der Waals surface area contributed by atoms with Crippen LogP contribution >= 0.6 is 0 Å². The van der Waals surface area contributed by atoms with Crippen LogP contribution in [0.4, 0.5) is 4.79 Å². The standard InChI is InChI=1S/C17H28N4O3/c1-6-11-10-18-14(19-11)12-8-7-9-21(12)15(22)13(17(2,3)4)20-16(23)24-5/h10,12-13H,6-9H2,1-5H3,(H,18,19)(H,20,23). The van der Waals surface area contributed by atoms with Gasteiger partial charge in [-0.05, 0) is 24.7 Å². The van der Waals surface area contributed by atoms with Crippen molar-refractivity contribution >= 4 is 12.0 Å². The topological polar surface area (TPSA) is 87.3 Å². The Balaban J connectivity index is 2.22. The van der Waals surface area contributed by atoms with E-state index in [2.05, 4.69) is 26.9 Å². The van der Waals surface area contributed by atoms with E-state index in [-0.39, 0.29) is 11.9 Å². The number of nitrogens with zero attached hydrogens (tertiary/aromatic N) is 2. The number of rotatable bonds is 4. The lowest BCUT2D eigenvalue weighted by atomic mass is 9.85. The zero-order valence-corrected chi connectivity index (χ0v) is 15.2. The van der Waals surface area contributed by atoms with E-state index < -0.39 is 17.6 Å². The van der Waals surface area contributed by atoms with Crippen LogP contribution in [-0.2, 0) is 16.0 Å². The highest BCUT2D eigenvalue weighted by Crippen LogP contribution is 2.33. The molecular formula is C17H28N4O3. The molecule has 0 aromatic carbocycles. The average molecular weight is 336 g/mol. The van der Waals surface area contributed by atoms with E-state index in [4.69, 9.17) is 0 Å². The largest absolute Gasteiger partial charge is 0.453 e. The number of H-pyrrole nitrogens is 1. The van der Waals surface area contributed by atoms with Gasteiger partial charge in [0, 0.05) is 18.4 Å². The number of amides is 2. The molecule has 7 heteroatoms. The van der Waals surface area contributed by atoms with Crippen molar-refractivity contribution in [2.45, 2.75) is 59.0 Å². The van der Waals surface area contributed by atoms with Gasteiger partial charge in [0.25, 0.3) is 0 Å². The number of aromatic nitrogens is 2. The summed E-state index contributed by atoms with van der Waals surface area (Å²) in [7, 11) is 1.30. The second-order valence-corrected chi connectivity index (χ2v) is 7.27. The second-order valence-electron chi connectivity index (χ2n) is 7.27. The predicted molar refractivity (Wildman–Crippen MR) is 90.4 cm³/mol. The minimum atomic E-state index is -0.647. The first-order valence-corrected chi connectivity index (χ1v) is 8.46. The Bertz CT molecular complexity index is 591. The van der Waals surface area contributed by atoms with Crippen molar-refractivity contribution in [1.29, 1.82) is 0 Å². The molecule has 2 N–H and O–H groups in total. The maximum atomic E-state index is 13.1. The van der Waals surface area contributed by atoms with Crippen LogP contribution in [0.15, 0.2) is 6.20 Å². The first-order chi connectivity index (χ1) is 11.3. The normalized spacial score (nSPS) is 19.2. The van der Waals surface area contributed by atoms with E-state index in [0.717, 1.165) is 30.8 Å². The molecule has 1 fully saturated rings. The number of hydrogen-bond acceptors (Lipinski definition) is 4. The van der Waals surface area contributed by atoms with E-state index in [1.54, 1.807) is 0 Å². The molecule has 2 unspecified atom stereocenters. The Hall–Kier alpha value is -2.05. The zero-order valence-electron chi connectivity index (χ0n) is 15.2. The summed E-state index contributed by atoms with van der Waals surface area (Å²) in [4.78, 5) is 34.3. The quantitative estimate of drug-likeness (QED) is 0.884. The number of alkyl carbamates (subject to hydrolysis) is 1. The second kappa shape index (κ2) is 7.23. The van der Waals surface area contributed by atoms with Crippen molar-refractivity contribution in [2.75, 3.05) is 13.7 Å². The Morgan fingerprint density at radius 3 is 2.75 bits per heavy atom. The number of aryl methyl sites for hydroxylation is 1. The van der Waals surface area contributed by atoms with Crippen molar-refractivity contribution in [2.24, 2.45) is 5.41 Å². The summed E-state index contributed by atoms with van der Waals surface area (Å²) in [6.07, 6.45) is 3.91. The molecule has 1 aliphatic rings. The Labute approximate surface area is 143 Å². The molecular weight excluding hydrogens is 308 g/mol. The third-order valence-electron chi connectivity index (χ3n) is 4.44. The van der Waals surface area contributed by atoms with E-state index in [9.17, 15) is 9.59 Å². The molecule has 1 aliphatic heterocycles. The third kappa shape index (κ3) is 3.88. The maximum absolute atomic E-state index is 13.1. The summed E-state index contributed by atoms with van der Waals surface area (Å²) in [5.41, 5.74) is 0.639. The van der Waals surface area contributed by atoms with Crippen LogP contribution in [0.5, 0.6) is 0 Å². The first kappa shape index (κ1) is 18.3. The summed E-state index contributed by atoms with van der Waals surface area (Å²) in [5.74, 6) is 0.730. The van der Waals surface area contributed by atoms with Crippen LogP contribution in [0, 0.1) is 5.41 Å². The number of hydrogen-bond donors (Lipinski definition) is 2. The maximum Gasteiger partial charge on any atom is 0.407 e. The van der Waals surface area contributed by atoms with Gasteiger partial charge in [-0.25, -0.2) is 9.78 Å². The molecule has 0 radical (unpaired) electrons. The van der Waals surface area contributed by atoms with Crippen LogP contribution in [0.25, 0.3) is 0 Å². The molecule has 1 aromatic heterocycles. The Kier molecular flexibility index (Phi) is 5.51. The molecule has 2 heterocycles. The van der Waals surface area contributed by atoms with E-state index in [1.807, 2.05) is 31.9 Å². The fourth-order valence-corrected chi connectivity index (χ4v) is 3.03. The molecule has 0 bridgehead atoms. The van der Waals surface area contributed by atoms with Crippen LogP contribution in [0.2, 0.25) is 0 Å². The summed E-state index contributed by atoms with van der Waals surface area (Å²) >= 11 is 0. The number of imidazole rings is 1. The van der Waals surface area contributed by atoms with Gasteiger partial charge in [-0.1, -0.05) is 27.7 Å². The van der Waals surface area contributed by atoms with Gasteiger partial charge in [-0.3, -0.25) is 4.79 Å². The van der Waals surface area contributed by atoms with Gasteiger partial charge in [0.15, 0.2) is 0 Å². The molecule has 0 saturated carbocycles. The van der Waals surface area contributed by atoms with Crippen molar-refractivity contribution < 1.29 is 14.3 Å². The molecule has 134 valence electrons. The number of methoxy groups -OCH3 is 1. The van der Waals surface area contributed by atoms with Gasteiger partial charge in [0.1, 0.15) is 11.9 Å². The van der Waals surface area contributed by atoms with Crippen LogP contribution in [-0.4, -0.2) is 46.6 Å². The Morgan fingerprint density at radius 1 is 1.50 bits per heavy atom. The average Bonchev–Trinajstić information content (AvgIpc) is 3.18. The van der Waals surface area contributed by atoms with Gasteiger partial charge >= 0.3 is 6.09 Å². The highest BCUT2D eigenvalue weighted by atomic mass is 16.5. The van der Waals surface area contributed by atoms with E-state index in [0.29, 0.717) is 6.54 Å².